The molecule has 2 unspecified atom stereocenters. The molecule has 0 aromatic heterocycles. The van der Waals surface area contributed by atoms with Crippen LogP contribution < -0.4 is 5.73 Å². The fourth-order valence-electron chi connectivity index (χ4n) is 1.52. The molecule has 0 bridgehead atoms. The van der Waals surface area contributed by atoms with E-state index in [1.54, 1.807) is 0 Å². The van der Waals surface area contributed by atoms with Crippen LogP contribution >= 0.6 is 12.4 Å². The average Bonchev–Trinajstić information content (AvgIpc) is 1.99. The first-order chi connectivity index (χ1) is 4.30. The summed E-state index contributed by atoms with van der Waals surface area (Å²) in [5.41, 5.74) is 5.88. The summed E-state index contributed by atoms with van der Waals surface area (Å²) in [5, 5.41) is 0. The van der Waals surface area contributed by atoms with E-state index in [-0.39, 0.29) is 12.4 Å². The van der Waals surface area contributed by atoms with Crippen LogP contribution in [0.25, 0.3) is 0 Å². The number of hydrogen-bond donors (Lipinski definition) is 1. The first kappa shape index (κ1) is 10.2. The molecule has 0 heterocycles. The van der Waals surface area contributed by atoms with Gasteiger partial charge in [0.1, 0.15) is 0 Å². The van der Waals surface area contributed by atoms with Crippen molar-refractivity contribution in [3.05, 3.63) is 0 Å². The van der Waals surface area contributed by atoms with Gasteiger partial charge in [0.05, 0.1) is 0 Å². The molecule has 1 aliphatic carbocycles. The van der Waals surface area contributed by atoms with Gasteiger partial charge in [-0.2, -0.15) is 0 Å². The number of halogens is 1. The Hall–Kier alpha value is 0.250. The maximum absolute atomic E-state index is 5.88. The predicted octanol–water partition coefficient (Wildman–Crippen LogP) is 2.34. The lowest BCUT2D eigenvalue weighted by Crippen LogP contribution is -2.26. The van der Waals surface area contributed by atoms with Crippen molar-refractivity contribution in [1.82, 2.24) is 0 Å². The van der Waals surface area contributed by atoms with Crippen LogP contribution in [0.3, 0.4) is 0 Å². The smallest absolute Gasteiger partial charge is 0.00645 e. The molecule has 1 saturated carbocycles. The predicted molar refractivity (Wildman–Crippen MR) is 47.5 cm³/mol. The largest absolute Gasteiger partial charge is 0.327 e. The highest BCUT2D eigenvalue weighted by molar-refractivity contribution is 5.85. The van der Waals surface area contributed by atoms with E-state index >= 15 is 0 Å². The third-order valence-electron chi connectivity index (χ3n) is 2.43. The molecule has 0 amide bonds. The Balaban J connectivity index is 0.000000810. The van der Waals surface area contributed by atoms with Gasteiger partial charge in [0.2, 0.25) is 0 Å². The molecule has 2 atom stereocenters. The van der Waals surface area contributed by atoms with Crippen LogP contribution in [-0.4, -0.2) is 6.04 Å². The highest BCUT2D eigenvalue weighted by Crippen LogP contribution is 2.20. The zero-order valence-corrected chi connectivity index (χ0v) is 7.49. The van der Waals surface area contributed by atoms with E-state index in [1.165, 1.54) is 32.1 Å². The normalized spacial score (nSPS) is 34.2. The Morgan fingerprint density at radius 3 is 2.40 bits per heavy atom. The SMILES string of the molecule is CC1CCCCCC1N.Cl. The number of nitrogens with two attached hydrogens (primary N) is 1. The van der Waals surface area contributed by atoms with Gasteiger partial charge in [0.15, 0.2) is 0 Å². The van der Waals surface area contributed by atoms with Crippen molar-refractivity contribution in [2.45, 2.75) is 45.1 Å². The zero-order chi connectivity index (χ0) is 6.69. The molecule has 0 aromatic rings. The molecule has 0 spiro atoms. The first-order valence-corrected chi connectivity index (χ1v) is 4.06. The van der Waals surface area contributed by atoms with Crippen molar-refractivity contribution in [3.8, 4) is 0 Å². The maximum atomic E-state index is 5.88. The summed E-state index contributed by atoms with van der Waals surface area (Å²) in [6, 6.07) is 0.493. The van der Waals surface area contributed by atoms with Gasteiger partial charge in [-0.3, -0.25) is 0 Å². The summed E-state index contributed by atoms with van der Waals surface area (Å²) in [7, 11) is 0. The van der Waals surface area contributed by atoms with Gasteiger partial charge < -0.3 is 5.73 Å². The van der Waals surface area contributed by atoms with Gasteiger partial charge in [-0.05, 0) is 18.8 Å². The van der Waals surface area contributed by atoms with Gasteiger partial charge in [0, 0.05) is 6.04 Å². The Kier molecular flexibility index (Phi) is 5.10. The van der Waals surface area contributed by atoms with E-state index < -0.39 is 0 Å². The number of rotatable bonds is 0. The molecule has 1 nitrogen and oxygen atoms in total. The van der Waals surface area contributed by atoms with Gasteiger partial charge in [-0.25, -0.2) is 0 Å². The fraction of sp³-hybridized carbons (Fsp3) is 1.00. The van der Waals surface area contributed by atoms with E-state index in [0.717, 1.165) is 5.92 Å². The summed E-state index contributed by atoms with van der Waals surface area (Å²) in [6.45, 7) is 2.27. The maximum Gasteiger partial charge on any atom is 0.00645 e. The minimum atomic E-state index is 0. The Bertz CT molecular complexity index is 75.3. The molecule has 2 N–H and O–H groups in total. The molecule has 0 saturated heterocycles. The van der Waals surface area contributed by atoms with Crippen LogP contribution in [0.1, 0.15) is 39.0 Å². The summed E-state index contributed by atoms with van der Waals surface area (Å²) >= 11 is 0. The molecule has 1 fully saturated rings. The summed E-state index contributed by atoms with van der Waals surface area (Å²) in [6.07, 6.45) is 6.75. The zero-order valence-electron chi connectivity index (χ0n) is 6.68. The first-order valence-electron chi connectivity index (χ1n) is 4.06. The molecule has 10 heavy (non-hydrogen) atoms. The lowest BCUT2D eigenvalue weighted by Gasteiger charge is -2.14. The summed E-state index contributed by atoms with van der Waals surface area (Å²) in [5.74, 6) is 0.771. The van der Waals surface area contributed by atoms with Gasteiger partial charge in [0.25, 0.3) is 0 Å². The minimum absolute atomic E-state index is 0. The van der Waals surface area contributed by atoms with Crippen molar-refractivity contribution in [3.63, 3.8) is 0 Å². The van der Waals surface area contributed by atoms with Crippen LogP contribution in [0.15, 0.2) is 0 Å². The quantitative estimate of drug-likeness (QED) is 0.545. The van der Waals surface area contributed by atoms with Crippen LogP contribution in [0.5, 0.6) is 0 Å². The molecule has 62 valence electrons. The molecule has 0 radical (unpaired) electrons. The lowest BCUT2D eigenvalue weighted by atomic mass is 9.98. The monoisotopic (exact) mass is 163 g/mol. The molecule has 0 aliphatic heterocycles. The van der Waals surface area contributed by atoms with E-state index in [4.69, 9.17) is 5.73 Å². The minimum Gasteiger partial charge on any atom is -0.327 e. The second-order valence-electron chi connectivity index (χ2n) is 3.28. The molecular weight excluding hydrogens is 146 g/mol. The number of hydrogen-bond acceptors (Lipinski definition) is 1. The van der Waals surface area contributed by atoms with Gasteiger partial charge in [-0.1, -0.05) is 26.2 Å². The standard InChI is InChI=1S/C8H17N.ClH/c1-7-5-3-2-4-6-8(7)9;/h7-8H,2-6,9H2,1H3;1H. The van der Waals surface area contributed by atoms with Crippen LogP contribution in [0.2, 0.25) is 0 Å². The lowest BCUT2D eigenvalue weighted by molar-refractivity contribution is 0.432. The van der Waals surface area contributed by atoms with Crippen molar-refractivity contribution in [2.75, 3.05) is 0 Å². The Morgan fingerprint density at radius 2 is 1.70 bits per heavy atom. The highest BCUT2D eigenvalue weighted by atomic mass is 35.5. The van der Waals surface area contributed by atoms with E-state index in [0.29, 0.717) is 6.04 Å². The second-order valence-corrected chi connectivity index (χ2v) is 3.28. The molecule has 1 rings (SSSR count). The van der Waals surface area contributed by atoms with Gasteiger partial charge >= 0.3 is 0 Å². The topological polar surface area (TPSA) is 26.0 Å². The average molecular weight is 164 g/mol. The van der Waals surface area contributed by atoms with Crippen molar-refractivity contribution in [2.24, 2.45) is 11.7 Å². The molecule has 2 heteroatoms. The van der Waals surface area contributed by atoms with E-state index in [9.17, 15) is 0 Å². The Labute approximate surface area is 69.8 Å². The van der Waals surface area contributed by atoms with E-state index in [2.05, 4.69) is 6.92 Å². The molecule has 1 aliphatic rings. The van der Waals surface area contributed by atoms with Gasteiger partial charge in [-0.15, -0.1) is 12.4 Å². The summed E-state index contributed by atoms with van der Waals surface area (Å²) in [4.78, 5) is 0. The highest BCUT2D eigenvalue weighted by Gasteiger charge is 2.14. The van der Waals surface area contributed by atoms with Crippen molar-refractivity contribution in [1.29, 1.82) is 0 Å². The van der Waals surface area contributed by atoms with Crippen LogP contribution in [-0.2, 0) is 0 Å². The van der Waals surface area contributed by atoms with Crippen LogP contribution in [0.4, 0.5) is 0 Å². The molecular formula is C8H18ClN. The third-order valence-corrected chi connectivity index (χ3v) is 2.43. The van der Waals surface area contributed by atoms with Crippen molar-refractivity contribution >= 4 is 12.4 Å². The van der Waals surface area contributed by atoms with E-state index in [1.807, 2.05) is 0 Å². The molecule has 0 aromatic carbocycles. The fourth-order valence-corrected chi connectivity index (χ4v) is 1.52. The Morgan fingerprint density at radius 1 is 1.10 bits per heavy atom. The summed E-state index contributed by atoms with van der Waals surface area (Å²) < 4.78 is 0. The van der Waals surface area contributed by atoms with Crippen molar-refractivity contribution < 1.29 is 0 Å². The van der Waals surface area contributed by atoms with Crippen LogP contribution in [0, 0.1) is 5.92 Å². The second kappa shape index (κ2) is 4.97. The third kappa shape index (κ3) is 2.89.